The molecule has 0 radical (unpaired) electrons. The number of likely N-dealkylation sites (tertiary alicyclic amines) is 1. The first kappa shape index (κ1) is 46.8. The van der Waals surface area contributed by atoms with Crippen LogP contribution in [0.25, 0.3) is 22.0 Å². The van der Waals surface area contributed by atoms with Crippen LogP contribution in [0.1, 0.15) is 84.5 Å². The molecule has 3 aromatic carbocycles. The molecule has 0 spiro atoms. The molecular weight excluding hydrogens is 883 g/mol. The van der Waals surface area contributed by atoms with Gasteiger partial charge >= 0.3 is 0 Å². The zero-order chi connectivity index (χ0) is 46.5. The van der Waals surface area contributed by atoms with E-state index in [1.54, 1.807) is 18.2 Å². The van der Waals surface area contributed by atoms with E-state index in [-0.39, 0.29) is 61.6 Å². The molecule has 17 nitrogen and oxygen atoms in total. The Morgan fingerprint density at radius 1 is 0.909 bits per heavy atom. The first-order chi connectivity index (χ1) is 31.8. The van der Waals surface area contributed by atoms with Gasteiger partial charge in [0.25, 0.3) is 22.0 Å². The predicted molar refractivity (Wildman–Crippen MR) is 252 cm³/mol. The minimum Gasteiger partial charge on any atom is -0.483 e. The highest BCUT2D eigenvalue weighted by molar-refractivity contribution is 7.87. The molecule has 5 heterocycles. The minimum absolute atomic E-state index is 0.0104. The number of hydrogen-bond donors (Lipinski definition) is 5. The van der Waals surface area contributed by atoms with E-state index >= 15 is 0 Å². The summed E-state index contributed by atoms with van der Waals surface area (Å²) in [6.45, 7) is 3.32. The van der Waals surface area contributed by atoms with Crippen LogP contribution in [0.5, 0.6) is 5.75 Å². The predicted octanol–water partition coefficient (Wildman–Crippen LogP) is 3.11. The third kappa shape index (κ3) is 10.6. The van der Waals surface area contributed by atoms with Crippen molar-refractivity contribution in [2.45, 2.75) is 76.5 Å². The number of hydrogen-bond acceptors (Lipinski definition) is 10. The quantitative estimate of drug-likeness (QED) is 0.0523. The van der Waals surface area contributed by atoms with E-state index < -0.39 is 22.2 Å². The van der Waals surface area contributed by atoms with Gasteiger partial charge in [0.05, 0.1) is 12.5 Å². The van der Waals surface area contributed by atoms with Gasteiger partial charge < -0.3 is 35.5 Å². The summed E-state index contributed by atoms with van der Waals surface area (Å²) < 4.78 is 39.1. The summed E-state index contributed by atoms with van der Waals surface area (Å²) in [7, 11) is -1.68. The number of aromatic nitrogens is 1. The smallest absolute Gasteiger partial charge is 0.279 e. The Labute approximate surface area is 389 Å². The number of fused-ring (bicyclic) bond motifs is 2. The van der Waals surface area contributed by atoms with Crippen molar-refractivity contribution in [3.05, 3.63) is 89.1 Å². The number of amides is 5. The second kappa shape index (κ2) is 20.4. The maximum Gasteiger partial charge on any atom is 0.279 e. The number of carbonyl (C=O) groups is 5. The molecule has 1 unspecified atom stereocenters. The number of imide groups is 1. The monoisotopic (exact) mass is 939 g/mol. The first-order valence-corrected chi connectivity index (χ1v) is 24.5. The van der Waals surface area contributed by atoms with Crippen molar-refractivity contribution in [1.82, 2.24) is 39.3 Å². The number of nitrogens with zero attached hydrogens (tertiary/aromatic N) is 4. The minimum atomic E-state index is -3.69. The van der Waals surface area contributed by atoms with Crippen LogP contribution in [0.15, 0.2) is 66.9 Å². The van der Waals surface area contributed by atoms with E-state index in [1.807, 2.05) is 37.4 Å². The summed E-state index contributed by atoms with van der Waals surface area (Å²) in [5.41, 5.74) is 11.8. The molecule has 19 heteroatoms. The standard InChI is InChI=1S/C47H57N9O8S2/c1-53-25-33(26-53)45(59)50-24-30-12-13-35-37(31-8-6-9-32(23-31)44(48)65)27-55(40(35)22-30)34-16-20-54(21-17-34)66(62,63)51-19-5-3-2-4-18-49-43(58)29-64-41-11-7-10-36-38(41)28-56(47(36)61)39-14-15-42(57)52-46(39)60/h6-13,22-23,27,33-34,39,51H,2-5,14-21,24-26,28-29H2,1H3,(H2,48,65)(H,49,58)(H,50,59)(H,52,57,60). The number of thiocarbonyl (C=S) groups is 1. The third-order valence-corrected chi connectivity index (χ3v) is 14.9. The molecule has 4 aromatic rings. The lowest BCUT2D eigenvalue weighted by Crippen LogP contribution is -2.52. The van der Waals surface area contributed by atoms with E-state index in [4.69, 9.17) is 22.7 Å². The summed E-state index contributed by atoms with van der Waals surface area (Å²) in [5.74, 6) is -1.02. The van der Waals surface area contributed by atoms with Crippen molar-refractivity contribution in [2.24, 2.45) is 11.7 Å². The average molecular weight is 940 g/mol. The normalized spacial score (nSPS) is 18.5. The van der Waals surface area contributed by atoms with Crippen molar-refractivity contribution in [3.63, 3.8) is 0 Å². The van der Waals surface area contributed by atoms with Crippen molar-refractivity contribution >= 4 is 67.9 Å². The number of nitrogens with one attached hydrogen (secondary N) is 4. The van der Waals surface area contributed by atoms with E-state index in [9.17, 15) is 32.4 Å². The lowest BCUT2D eigenvalue weighted by atomic mass is 10.00. The van der Waals surface area contributed by atoms with Crippen molar-refractivity contribution in [3.8, 4) is 16.9 Å². The number of nitrogens with two attached hydrogens (primary N) is 1. The van der Waals surface area contributed by atoms with Gasteiger partial charge in [0.1, 0.15) is 16.8 Å². The molecule has 5 amide bonds. The molecule has 4 aliphatic rings. The van der Waals surface area contributed by atoms with Crippen LogP contribution < -0.4 is 31.1 Å². The zero-order valence-corrected chi connectivity index (χ0v) is 38.7. The molecular formula is C47H57N9O8S2. The molecule has 4 aliphatic heterocycles. The van der Waals surface area contributed by atoms with Crippen LogP contribution in [-0.4, -0.2) is 121 Å². The van der Waals surface area contributed by atoms with Crippen molar-refractivity contribution in [2.75, 3.05) is 52.9 Å². The molecule has 0 bridgehead atoms. The van der Waals surface area contributed by atoms with Crippen LogP contribution in [0.4, 0.5) is 0 Å². The number of piperidine rings is 2. The summed E-state index contributed by atoms with van der Waals surface area (Å²) >= 11 is 5.27. The van der Waals surface area contributed by atoms with Gasteiger partial charge in [-0.1, -0.05) is 61.5 Å². The van der Waals surface area contributed by atoms with Gasteiger partial charge in [-0.15, -0.1) is 0 Å². The van der Waals surface area contributed by atoms with Gasteiger partial charge in [0.2, 0.25) is 17.7 Å². The van der Waals surface area contributed by atoms with Gasteiger partial charge in [-0.3, -0.25) is 29.3 Å². The maximum absolute atomic E-state index is 13.4. The van der Waals surface area contributed by atoms with E-state index in [2.05, 4.69) is 48.5 Å². The second-order valence-corrected chi connectivity index (χ2v) is 19.8. The number of unbranched alkanes of at least 4 members (excludes halogenated alkanes) is 3. The summed E-state index contributed by atoms with van der Waals surface area (Å²) in [5, 5.41) is 9.29. The van der Waals surface area contributed by atoms with Crippen LogP contribution >= 0.6 is 12.2 Å². The summed E-state index contributed by atoms with van der Waals surface area (Å²) in [6.07, 6.45) is 6.73. The number of rotatable bonds is 19. The Morgan fingerprint density at radius 2 is 1.67 bits per heavy atom. The zero-order valence-electron chi connectivity index (χ0n) is 37.1. The lowest BCUT2D eigenvalue weighted by Gasteiger charge is -2.34. The Bertz CT molecular complexity index is 2640. The molecule has 1 aromatic heterocycles. The Kier molecular flexibility index (Phi) is 14.5. The highest BCUT2D eigenvalue weighted by Crippen LogP contribution is 2.37. The maximum atomic E-state index is 13.4. The molecule has 350 valence electrons. The number of ether oxygens (including phenoxy) is 1. The second-order valence-electron chi connectivity index (χ2n) is 17.6. The highest BCUT2D eigenvalue weighted by Gasteiger charge is 2.40. The Hall–Kier alpha value is -5.73. The number of benzene rings is 3. The van der Waals surface area contributed by atoms with Crippen LogP contribution in [0.2, 0.25) is 0 Å². The van der Waals surface area contributed by atoms with Gasteiger partial charge in [0, 0.05) is 97.6 Å². The summed E-state index contributed by atoms with van der Waals surface area (Å²) in [4.78, 5) is 66.3. The molecule has 66 heavy (non-hydrogen) atoms. The molecule has 3 fully saturated rings. The SMILES string of the molecule is CN1CC(C(=O)NCc2ccc3c(-c4cccc(C(N)=S)c4)cn(C4CCN(S(=O)(=O)NCCCCCCNC(=O)COc5cccc6c5CN(C5CCC(=O)NC5=O)C6=O)CC4)c3c2)C1. The fourth-order valence-corrected chi connectivity index (χ4v) is 10.8. The van der Waals surface area contributed by atoms with Gasteiger partial charge in [-0.05, 0) is 74.5 Å². The topological polar surface area (TPSA) is 218 Å². The molecule has 0 saturated carbocycles. The molecule has 3 saturated heterocycles. The molecule has 6 N–H and O–H groups in total. The number of carbonyl (C=O) groups excluding carboxylic acids is 5. The average Bonchev–Trinajstić information content (AvgIpc) is 3.85. The first-order valence-electron chi connectivity index (χ1n) is 22.7. The van der Waals surface area contributed by atoms with E-state index in [1.165, 1.54) is 9.21 Å². The highest BCUT2D eigenvalue weighted by atomic mass is 32.2. The van der Waals surface area contributed by atoms with Crippen LogP contribution in [0.3, 0.4) is 0 Å². The van der Waals surface area contributed by atoms with Crippen LogP contribution in [0, 0.1) is 5.92 Å². The fourth-order valence-electron chi connectivity index (χ4n) is 9.35. The van der Waals surface area contributed by atoms with E-state index in [0.717, 1.165) is 59.1 Å². The third-order valence-electron chi connectivity index (χ3n) is 13.0. The lowest BCUT2D eigenvalue weighted by molar-refractivity contribution is -0.137. The van der Waals surface area contributed by atoms with Gasteiger partial charge in [-0.2, -0.15) is 12.7 Å². The Morgan fingerprint density at radius 3 is 2.41 bits per heavy atom. The Balaban J connectivity index is 0.770. The molecule has 8 rings (SSSR count). The van der Waals surface area contributed by atoms with Crippen molar-refractivity contribution < 1.29 is 37.1 Å². The van der Waals surface area contributed by atoms with Gasteiger partial charge in [-0.25, -0.2) is 4.72 Å². The molecule has 0 aliphatic carbocycles. The van der Waals surface area contributed by atoms with Gasteiger partial charge in [0.15, 0.2) is 6.61 Å². The largest absolute Gasteiger partial charge is 0.483 e. The van der Waals surface area contributed by atoms with Crippen molar-refractivity contribution in [1.29, 1.82) is 0 Å². The van der Waals surface area contributed by atoms with Crippen LogP contribution in [-0.2, 0) is 42.5 Å². The van der Waals surface area contributed by atoms with E-state index in [0.29, 0.717) is 80.3 Å². The fraction of sp³-hybridized carbons (Fsp3) is 0.447. The summed E-state index contributed by atoms with van der Waals surface area (Å²) in [6, 6.07) is 18.4. The molecule has 1 atom stereocenters.